The highest BCUT2D eigenvalue weighted by atomic mass is 32.1. The minimum atomic E-state index is -0.130. The van der Waals surface area contributed by atoms with E-state index < -0.39 is 0 Å². The van der Waals surface area contributed by atoms with E-state index in [2.05, 4.69) is 4.98 Å². The Kier molecular flexibility index (Phi) is 5.03. The van der Waals surface area contributed by atoms with Gasteiger partial charge in [-0.2, -0.15) is 0 Å². The average molecular weight is 293 g/mol. The first-order valence-electron chi connectivity index (χ1n) is 6.67. The predicted octanol–water partition coefficient (Wildman–Crippen LogP) is 1.21. The topological polar surface area (TPSA) is 68.5 Å². The van der Waals surface area contributed by atoms with Crippen LogP contribution in [0.2, 0.25) is 0 Å². The van der Waals surface area contributed by atoms with E-state index in [1.54, 1.807) is 24.1 Å². The molecule has 0 spiro atoms. The van der Waals surface area contributed by atoms with E-state index in [-0.39, 0.29) is 10.9 Å². The number of likely N-dealkylation sites (N-methyl/N-ethyl adjacent to an activating group) is 1. The average Bonchev–Trinajstić information content (AvgIpc) is 3.26. The summed E-state index contributed by atoms with van der Waals surface area (Å²) in [4.78, 5) is 18.1. The molecule has 1 saturated carbocycles. The molecule has 108 valence electrons. The Morgan fingerprint density at radius 2 is 2.30 bits per heavy atom. The fourth-order valence-corrected chi connectivity index (χ4v) is 1.82. The fraction of sp³-hybridized carbons (Fsp3) is 0.500. The number of thiocarbonyl (C=S) groups is 1. The SMILES string of the molecule is CN(CCOCC1CC1)C(=O)c1ccc(C(N)=S)cn1. The van der Waals surface area contributed by atoms with E-state index in [1.807, 2.05) is 0 Å². The van der Waals surface area contributed by atoms with E-state index in [4.69, 9.17) is 22.7 Å². The molecule has 1 aromatic heterocycles. The van der Waals surface area contributed by atoms with Gasteiger partial charge in [0.2, 0.25) is 0 Å². The second kappa shape index (κ2) is 6.76. The molecule has 1 amide bonds. The van der Waals surface area contributed by atoms with Crippen molar-refractivity contribution >= 4 is 23.1 Å². The Balaban J connectivity index is 1.80. The Bertz CT molecular complexity index is 486. The molecule has 1 heterocycles. The van der Waals surface area contributed by atoms with Crippen LogP contribution in [-0.4, -0.2) is 47.6 Å². The summed E-state index contributed by atoms with van der Waals surface area (Å²) >= 11 is 4.85. The number of nitrogens with zero attached hydrogens (tertiary/aromatic N) is 2. The van der Waals surface area contributed by atoms with E-state index in [1.165, 1.54) is 19.0 Å². The van der Waals surface area contributed by atoms with Gasteiger partial charge in [0.1, 0.15) is 10.7 Å². The molecule has 0 aromatic carbocycles. The number of aromatic nitrogens is 1. The van der Waals surface area contributed by atoms with E-state index >= 15 is 0 Å². The van der Waals surface area contributed by atoms with Gasteiger partial charge in [-0.3, -0.25) is 9.78 Å². The highest BCUT2D eigenvalue weighted by molar-refractivity contribution is 7.80. The number of carbonyl (C=O) groups excluding carboxylic acids is 1. The minimum absolute atomic E-state index is 0.130. The summed E-state index contributed by atoms with van der Waals surface area (Å²) < 4.78 is 5.52. The van der Waals surface area contributed by atoms with Gasteiger partial charge in [0, 0.05) is 32.0 Å². The van der Waals surface area contributed by atoms with Crippen molar-refractivity contribution in [2.75, 3.05) is 26.8 Å². The smallest absolute Gasteiger partial charge is 0.272 e. The maximum absolute atomic E-state index is 12.1. The zero-order chi connectivity index (χ0) is 14.5. The van der Waals surface area contributed by atoms with Gasteiger partial charge >= 0.3 is 0 Å². The lowest BCUT2D eigenvalue weighted by Crippen LogP contribution is -2.31. The van der Waals surface area contributed by atoms with Gasteiger partial charge in [-0.05, 0) is 30.9 Å². The van der Waals surface area contributed by atoms with Crippen LogP contribution < -0.4 is 5.73 Å². The molecule has 2 N–H and O–H groups in total. The van der Waals surface area contributed by atoms with Crippen LogP contribution in [-0.2, 0) is 4.74 Å². The molecule has 5 nitrogen and oxygen atoms in total. The van der Waals surface area contributed by atoms with Gasteiger partial charge in [0.05, 0.1) is 6.61 Å². The van der Waals surface area contributed by atoms with Crippen LogP contribution >= 0.6 is 12.2 Å². The minimum Gasteiger partial charge on any atom is -0.389 e. The molecule has 0 aliphatic heterocycles. The number of nitrogens with two attached hydrogens (primary N) is 1. The fourth-order valence-electron chi connectivity index (χ4n) is 1.70. The lowest BCUT2D eigenvalue weighted by atomic mass is 10.2. The molecule has 0 saturated heterocycles. The second-order valence-corrected chi connectivity index (χ2v) is 5.48. The standard InChI is InChI=1S/C14H19N3O2S/c1-17(6-7-19-9-10-2-3-10)14(18)12-5-4-11(8-16-12)13(15)20/h4-5,8,10H,2-3,6-7,9H2,1H3,(H2,15,20). The molecule has 2 rings (SSSR count). The molecule has 1 aromatic rings. The second-order valence-electron chi connectivity index (χ2n) is 5.04. The number of amides is 1. The summed E-state index contributed by atoms with van der Waals surface area (Å²) in [6.07, 6.45) is 4.06. The Labute approximate surface area is 124 Å². The summed E-state index contributed by atoms with van der Waals surface area (Å²) in [6, 6.07) is 3.35. The number of ether oxygens (including phenoxy) is 1. The number of hydrogen-bond donors (Lipinski definition) is 1. The largest absolute Gasteiger partial charge is 0.389 e. The first-order chi connectivity index (χ1) is 9.58. The van der Waals surface area contributed by atoms with Crippen LogP contribution in [0, 0.1) is 5.92 Å². The van der Waals surface area contributed by atoms with Crippen LogP contribution in [0.25, 0.3) is 0 Å². The maximum atomic E-state index is 12.1. The van der Waals surface area contributed by atoms with E-state index in [9.17, 15) is 4.79 Å². The summed E-state index contributed by atoms with van der Waals surface area (Å²) in [7, 11) is 1.74. The zero-order valence-electron chi connectivity index (χ0n) is 11.5. The molecule has 0 atom stereocenters. The number of rotatable bonds is 7. The molecule has 1 aliphatic carbocycles. The molecule has 0 unspecified atom stereocenters. The quantitative estimate of drug-likeness (QED) is 0.604. The number of hydrogen-bond acceptors (Lipinski definition) is 4. The summed E-state index contributed by atoms with van der Waals surface area (Å²) in [6.45, 7) is 1.93. The molecular weight excluding hydrogens is 274 g/mol. The van der Waals surface area contributed by atoms with Crippen LogP contribution in [0.3, 0.4) is 0 Å². The van der Waals surface area contributed by atoms with Crippen LogP contribution in [0.15, 0.2) is 18.3 Å². The van der Waals surface area contributed by atoms with Gasteiger partial charge in [0.15, 0.2) is 0 Å². The highest BCUT2D eigenvalue weighted by Gasteiger charge is 2.21. The summed E-state index contributed by atoms with van der Waals surface area (Å²) in [5.41, 5.74) is 6.53. The molecule has 0 radical (unpaired) electrons. The molecule has 1 aliphatic rings. The van der Waals surface area contributed by atoms with Crippen LogP contribution in [0.4, 0.5) is 0 Å². The van der Waals surface area contributed by atoms with Crippen molar-refractivity contribution in [2.24, 2.45) is 11.7 Å². The summed E-state index contributed by atoms with van der Waals surface area (Å²) in [5.74, 6) is 0.611. The van der Waals surface area contributed by atoms with E-state index in [0.29, 0.717) is 24.4 Å². The van der Waals surface area contributed by atoms with Crippen LogP contribution in [0.5, 0.6) is 0 Å². The van der Waals surface area contributed by atoms with Gasteiger partial charge in [-0.15, -0.1) is 0 Å². The Morgan fingerprint density at radius 1 is 1.55 bits per heavy atom. The lowest BCUT2D eigenvalue weighted by molar-refractivity contribution is 0.0676. The predicted molar refractivity (Wildman–Crippen MR) is 80.6 cm³/mol. The van der Waals surface area contributed by atoms with Crippen molar-refractivity contribution in [3.8, 4) is 0 Å². The molecule has 20 heavy (non-hydrogen) atoms. The highest BCUT2D eigenvalue weighted by Crippen LogP contribution is 2.28. The van der Waals surface area contributed by atoms with E-state index in [0.717, 1.165) is 12.5 Å². The maximum Gasteiger partial charge on any atom is 0.272 e. The van der Waals surface area contributed by atoms with Crippen molar-refractivity contribution in [2.45, 2.75) is 12.8 Å². The molecule has 6 heteroatoms. The Hall–Kier alpha value is -1.53. The summed E-state index contributed by atoms with van der Waals surface area (Å²) in [5, 5.41) is 0. The first kappa shape index (κ1) is 14.9. The molecule has 1 fully saturated rings. The molecule has 0 bridgehead atoms. The van der Waals surface area contributed by atoms with Crippen molar-refractivity contribution in [1.82, 2.24) is 9.88 Å². The Morgan fingerprint density at radius 3 is 2.85 bits per heavy atom. The van der Waals surface area contributed by atoms with Gasteiger partial charge in [-0.1, -0.05) is 12.2 Å². The first-order valence-corrected chi connectivity index (χ1v) is 7.08. The number of pyridine rings is 1. The van der Waals surface area contributed by atoms with Crippen molar-refractivity contribution in [3.63, 3.8) is 0 Å². The van der Waals surface area contributed by atoms with Gasteiger partial charge < -0.3 is 15.4 Å². The van der Waals surface area contributed by atoms with Crippen molar-refractivity contribution in [1.29, 1.82) is 0 Å². The molecular formula is C14H19N3O2S. The van der Waals surface area contributed by atoms with Crippen LogP contribution in [0.1, 0.15) is 28.9 Å². The van der Waals surface area contributed by atoms with Gasteiger partial charge in [0.25, 0.3) is 5.91 Å². The normalized spacial score (nSPS) is 14.1. The number of carbonyl (C=O) groups is 1. The monoisotopic (exact) mass is 293 g/mol. The van der Waals surface area contributed by atoms with Crippen molar-refractivity contribution < 1.29 is 9.53 Å². The lowest BCUT2D eigenvalue weighted by Gasteiger charge is -2.16. The zero-order valence-corrected chi connectivity index (χ0v) is 12.4. The third-order valence-electron chi connectivity index (χ3n) is 3.24. The van der Waals surface area contributed by atoms with Gasteiger partial charge in [-0.25, -0.2) is 0 Å². The third-order valence-corrected chi connectivity index (χ3v) is 3.47. The third kappa shape index (κ3) is 4.25. The van der Waals surface area contributed by atoms with Crippen molar-refractivity contribution in [3.05, 3.63) is 29.6 Å².